The summed E-state index contributed by atoms with van der Waals surface area (Å²) in [5.41, 5.74) is 9.17. The van der Waals surface area contributed by atoms with Crippen LogP contribution in [0.15, 0.2) is 167 Å². The number of hydrogen-bond donors (Lipinski definition) is 0. The van der Waals surface area contributed by atoms with Gasteiger partial charge in [-0.05, 0) is 42.5 Å². The van der Waals surface area contributed by atoms with Crippen molar-refractivity contribution in [2.24, 2.45) is 0 Å². The fourth-order valence-corrected chi connectivity index (χ4v) is 7.53. The Labute approximate surface area is 290 Å². The van der Waals surface area contributed by atoms with Gasteiger partial charge in [0, 0.05) is 43.6 Å². The Hall–Kier alpha value is -7.05. The van der Waals surface area contributed by atoms with Gasteiger partial charge in [0.15, 0.2) is 23.1 Å². The van der Waals surface area contributed by atoms with Crippen LogP contribution < -0.4 is 0 Å². The molecule has 238 valence electrons. The second-order valence-electron chi connectivity index (χ2n) is 12.8. The van der Waals surface area contributed by atoms with Gasteiger partial charge in [0.2, 0.25) is 0 Å². The predicted octanol–water partition coefficient (Wildman–Crippen LogP) is 11.8. The minimum Gasteiger partial charge on any atom is -0.455 e. The number of rotatable bonds is 4. The SMILES string of the molecule is c1ccc(-c2nc(-c3ccccc3)nc(-c3ccc4c(c3)oc3c(-n5c6ccccc6c6c7oc8ccccc8c7ccc65)cccc34)n2)cc1. The molecule has 0 N–H and O–H groups in total. The lowest BCUT2D eigenvalue weighted by Gasteiger charge is -2.08. The molecule has 7 aromatic carbocycles. The molecule has 0 bridgehead atoms. The molecule has 4 aromatic heterocycles. The molecule has 6 nitrogen and oxygen atoms in total. The van der Waals surface area contributed by atoms with Crippen LogP contribution in [0.25, 0.3) is 106 Å². The van der Waals surface area contributed by atoms with E-state index in [2.05, 4.69) is 83.4 Å². The average Bonchev–Trinajstić information content (AvgIpc) is 3.87. The van der Waals surface area contributed by atoms with E-state index in [1.54, 1.807) is 0 Å². The van der Waals surface area contributed by atoms with Gasteiger partial charge in [0.1, 0.15) is 16.7 Å². The van der Waals surface area contributed by atoms with E-state index in [0.29, 0.717) is 17.5 Å². The Morgan fingerprint density at radius 3 is 1.71 bits per heavy atom. The zero-order chi connectivity index (χ0) is 33.5. The summed E-state index contributed by atoms with van der Waals surface area (Å²) in [6, 6.07) is 53.7. The molecule has 0 aliphatic carbocycles. The van der Waals surface area contributed by atoms with E-state index in [1.165, 1.54) is 0 Å². The van der Waals surface area contributed by atoms with Gasteiger partial charge < -0.3 is 13.4 Å². The Balaban J connectivity index is 1.12. The molecule has 0 saturated heterocycles. The highest BCUT2D eigenvalue weighted by Gasteiger charge is 2.22. The topological polar surface area (TPSA) is 69.9 Å². The second-order valence-corrected chi connectivity index (χ2v) is 12.8. The third kappa shape index (κ3) is 4.20. The number of hydrogen-bond acceptors (Lipinski definition) is 5. The molecule has 0 spiro atoms. The zero-order valence-corrected chi connectivity index (χ0v) is 27.1. The molecule has 51 heavy (non-hydrogen) atoms. The van der Waals surface area contributed by atoms with Crippen LogP contribution in [0, 0.1) is 0 Å². The zero-order valence-electron chi connectivity index (χ0n) is 27.1. The minimum atomic E-state index is 0.586. The van der Waals surface area contributed by atoms with Crippen molar-refractivity contribution in [3.63, 3.8) is 0 Å². The van der Waals surface area contributed by atoms with Crippen molar-refractivity contribution in [1.29, 1.82) is 0 Å². The number of fused-ring (bicyclic) bond motifs is 10. The first-order valence-electron chi connectivity index (χ1n) is 16.9. The molecule has 11 rings (SSSR count). The van der Waals surface area contributed by atoms with Crippen LogP contribution in [0.4, 0.5) is 0 Å². The van der Waals surface area contributed by atoms with Gasteiger partial charge >= 0.3 is 0 Å². The Morgan fingerprint density at radius 2 is 0.941 bits per heavy atom. The van der Waals surface area contributed by atoms with Gasteiger partial charge in [0.05, 0.1) is 22.1 Å². The van der Waals surface area contributed by atoms with Crippen LogP contribution in [0.3, 0.4) is 0 Å². The smallest absolute Gasteiger partial charge is 0.164 e. The fourth-order valence-electron chi connectivity index (χ4n) is 7.53. The molecule has 0 radical (unpaired) electrons. The van der Waals surface area contributed by atoms with Crippen molar-refractivity contribution in [3.05, 3.63) is 158 Å². The largest absolute Gasteiger partial charge is 0.455 e. The summed E-state index contributed by atoms with van der Waals surface area (Å²) in [4.78, 5) is 14.8. The van der Waals surface area contributed by atoms with Crippen LogP contribution in [-0.4, -0.2) is 19.5 Å². The van der Waals surface area contributed by atoms with E-state index >= 15 is 0 Å². The van der Waals surface area contributed by atoms with Gasteiger partial charge in [-0.2, -0.15) is 0 Å². The average molecular weight is 655 g/mol. The third-order valence-corrected chi connectivity index (χ3v) is 9.86. The van der Waals surface area contributed by atoms with Gasteiger partial charge in [-0.15, -0.1) is 0 Å². The monoisotopic (exact) mass is 654 g/mol. The number of nitrogens with zero attached hydrogens (tertiary/aromatic N) is 4. The Morgan fingerprint density at radius 1 is 0.373 bits per heavy atom. The van der Waals surface area contributed by atoms with Crippen LogP contribution in [0.5, 0.6) is 0 Å². The fraction of sp³-hybridized carbons (Fsp3) is 0. The van der Waals surface area contributed by atoms with Crippen LogP contribution >= 0.6 is 0 Å². The van der Waals surface area contributed by atoms with Gasteiger partial charge in [-0.3, -0.25) is 0 Å². The standard InChI is InChI=1S/C45H26N4O2/c1-3-12-27(13-4-1)43-46-44(28-14-5-2-6-15-28)48-45(47-43)29-22-23-31-32-18-11-20-37(41(32)51-39(31)26-29)49-35-19-9-7-17-34(35)40-36(49)25-24-33-30-16-8-10-21-38(30)50-42(33)40/h1-26H. The first kappa shape index (κ1) is 27.9. The van der Waals surface area contributed by atoms with E-state index in [1.807, 2.05) is 78.9 Å². The van der Waals surface area contributed by atoms with E-state index < -0.39 is 0 Å². The molecular formula is C45H26N4O2. The lowest BCUT2D eigenvalue weighted by molar-refractivity contribution is 0.666. The predicted molar refractivity (Wildman–Crippen MR) is 205 cm³/mol. The number of aromatic nitrogens is 4. The molecule has 0 saturated carbocycles. The van der Waals surface area contributed by atoms with Gasteiger partial charge in [-0.25, -0.2) is 15.0 Å². The first-order chi connectivity index (χ1) is 25.3. The molecule has 11 aromatic rings. The molecule has 6 heteroatoms. The Bertz CT molecular complexity index is 3080. The maximum atomic E-state index is 6.82. The third-order valence-electron chi connectivity index (χ3n) is 9.86. The van der Waals surface area contributed by atoms with E-state index in [-0.39, 0.29) is 0 Å². The normalized spacial score (nSPS) is 11.9. The molecule has 0 fully saturated rings. The van der Waals surface area contributed by atoms with E-state index in [9.17, 15) is 0 Å². The highest BCUT2D eigenvalue weighted by atomic mass is 16.3. The number of para-hydroxylation sites is 3. The quantitative estimate of drug-likeness (QED) is 0.189. The molecular weight excluding hydrogens is 629 g/mol. The molecule has 0 amide bonds. The van der Waals surface area contributed by atoms with Crippen molar-refractivity contribution in [1.82, 2.24) is 19.5 Å². The number of benzene rings is 7. The van der Waals surface area contributed by atoms with Crippen molar-refractivity contribution >= 4 is 65.7 Å². The second kappa shape index (κ2) is 10.7. The summed E-state index contributed by atoms with van der Waals surface area (Å²) < 4.78 is 15.6. The summed E-state index contributed by atoms with van der Waals surface area (Å²) in [7, 11) is 0. The maximum absolute atomic E-state index is 6.82. The van der Waals surface area contributed by atoms with Gasteiger partial charge in [0.25, 0.3) is 0 Å². The molecule has 0 unspecified atom stereocenters. The summed E-state index contributed by atoms with van der Waals surface area (Å²) in [6.45, 7) is 0. The molecule has 0 atom stereocenters. The molecule has 0 aliphatic heterocycles. The highest BCUT2D eigenvalue weighted by molar-refractivity contribution is 6.24. The summed E-state index contributed by atoms with van der Waals surface area (Å²) >= 11 is 0. The van der Waals surface area contributed by atoms with Crippen LogP contribution in [0.1, 0.15) is 0 Å². The Kier molecular flexibility index (Phi) is 5.86. The summed E-state index contributed by atoms with van der Waals surface area (Å²) in [6.07, 6.45) is 0. The van der Waals surface area contributed by atoms with Crippen molar-refractivity contribution in [2.45, 2.75) is 0 Å². The lowest BCUT2D eigenvalue weighted by atomic mass is 10.1. The maximum Gasteiger partial charge on any atom is 0.164 e. The molecule has 4 heterocycles. The number of furan rings is 2. The van der Waals surface area contributed by atoms with Crippen LogP contribution in [-0.2, 0) is 0 Å². The lowest BCUT2D eigenvalue weighted by Crippen LogP contribution is -2.00. The first-order valence-corrected chi connectivity index (χ1v) is 16.9. The molecule has 0 aliphatic rings. The summed E-state index contributed by atoms with van der Waals surface area (Å²) in [5, 5.41) is 6.51. The van der Waals surface area contributed by atoms with E-state index in [4.69, 9.17) is 23.8 Å². The van der Waals surface area contributed by atoms with Crippen molar-refractivity contribution < 1.29 is 8.83 Å². The minimum absolute atomic E-state index is 0.586. The van der Waals surface area contributed by atoms with E-state index in [0.717, 1.165) is 88.1 Å². The highest BCUT2D eigenvalue weighted by Crippen LogP contribution is 2.43. The summed E-state index contributed by atoms with van der Waals surface area (Å²) in [5.74, 6) is 1.83. The van der Waals surface area contributed by atoms with Gasteiger partial charge in [-0.1, -0.05) is 115 Å². The van der Waals surface area contributed by atoms with Crippen LogP contribution in [0.2, 0.25) is 0 Å². The van der Waals surface area contributed by atoms with Crippen molar-refractivity contribution in [2.75, 3.05) is 0 Å². The van der Waals surface area contributed by atoms with Crippen molar-refractivity contribution in [3.8, 4) is 39.9 Å².